The molecule has 3 aromatic rings. The Balaban J connectivity index is 1.31. The first kappa shape index (κ1) is 23.3. The maximum atomic E-state index is 12.8. The molecular weight excluding hydrogens is 464 g/mol. The number of aliphatic carboxylic acids is 1. The lowest BCUT2D eigenvalue weighted by Gasteiger charge is -2.46. The Morgan fingerprint density at radius 1 is 1.17 bits per heavy atom. The number of nitrogens with one attached hydrogen (secondary N) is 2. The molecule has 9 heteroatoms. The average molecular weight is 491 g/mol. The van der Waals surface area contributed by atoms with Gasteiger partial charge in [0, 0.05) is 55.0 Å². The van der Waals surface area contributed by atoms with Crippen LogP contribution in [0, 0.1) is 5.41 Å². The summed E-state index contributed by atoms with van der Waals surface area (Å²) in [6.07, 6.45) is 8.58. The van der Waals surface area contributed by atoms with Gasteiger partial charge in [0.05, 0.1) is 10.3 Å². The van der Waals surface area contributed by atoms with Crippen LogP contribution in [0.15, 0.2) is 65.6 Å². The highest BCUT2D eigenvalue weighted by molar-refractivity contribution is 8.03. The Labute approximate surface area is 207 Å². The zero-order chi connectivity index (χ0) is 24.4. The fourth-order valence-electron chi connectivity index (χ4n) is 4.78. The van der Waals surface area contributed by atoms with E-state index in [1.807, 2.05) is 42.7 Å². The summed E-state index contributed by atoms with van der Waals surface area (Å²) in [5, 5.41) is 18.4. The van der Waals surface area contributed by atoms with Crippen LogP contribution in [0.1, 0.15) is 18.4 Å². The van der Waals surface area contributed by atoms with E-state index in [0.29, 0.717) is 36.8 Å². The Morgan fingerprint density at radius 3 is 2.63 bits per heavy atom. The van der Waals surface area contributed by atoms with Crippen molar-refractivity contribution in [2.75, 3.05) is 24.8 Å². The van der Waals surface area contributed by atoms with Gasteiger partial charge in [-0.15, -0.1) is 11.8 Å². The number of nitrogens with zero attached hydrogens (tertiary/aromatic N) is 2. The molecule has 2 aliphatic rings. The molecule has 1 aliphatic heterocycles. The summed E-state index contributed by atoms with van der Waals surface area (Å²) < 4.78 is 5.45. The molecule has 0 saturated carbocycles. The molecule has 180 valence electrons. The number of thioether (sulfide) groups is 1. The van der Waals surface area contributed by atoms with Crippen molar-refractivity contribution in [1.82, 2.24) is 15.3 Å². The van der Waals surface area contributed by atoms with Crippen LogP contribution in [-0.4, -0.2) is 52.3 Å². The maximum Gasteiger partial charge on any atom is 0.326 e. The topological polar surface area (TPSA) is 113 Å². The lowest BCUT2D eigenvalue weighted by molar-refractivity contribution is -0.140. The van der Waals surface area contributed by atoms with Crippen LogP contribution < -0.4 is 10.6 Å². The number of carboxylic acid groups (broad SMARTS) is 1. The van der Waals surface area contributed by atoms with Crippen LogP contribution in [-0.2, 0) is 20.7 Å². The van der Waals surface area contributed by atoms with Gasteiger partial charge >= 0.3 is 5.97 Å². The van der Waals surface area contributed by atoms with Gasteiger partial charge < -0.3 is 20.5 Å². The minimum absolute atomic E-state index is 0.104. The number of hydrogen-bond acceptors (Lipinski definition) is 8. The number of anilines is 2. The van der Waals surface area contributed by atoms with E-state index < -0.39 is 17.4 Å². The van der Waals surface area contributed by atoms with Crippen molar-refractivity contribution in [3.05, 3.63) is 71.2 Å². The molecule has 0 bridgehead atoms. The molecule has 2 aromatic heterocycles. The Bertz CT molecular complexity index is 1300. The molecule has 1 saturated heterocycles. The molecule has 1 unspecified atom stereocenters. The number of aromatic nitrogens is 2. The third-order valence-corrected chi connectivity index (χ3v) is 7.54. The largest absolute Gasteiger partial charge is 0.480 e. The van der Waals surface area contributed by atoms with Crippen LogP contribution in [0.4, 0.5) is 11.5 Å². The quantitative estimate of drug-likeness (QED) is 0.432. The molecule has 8 nitrogen and oxygen atoms in total. The molecule has 1 atom stereocenters. The number of benzene rings is 1. The number of allylic oxidation sites excluding steroid dienone is 2. The lowest BCUT2D eigenvalue weighted by Crippen LogP contribution is -2.55. The summed E-state index contributed by atoms with van der Waals surface area (Å²) in [7, 11) is 0. The monoisotopic (exact) mass is 490 g/mol. The highest BCUT2D eigenvalue weighted by Gasteiger charge is 2.54. The zero-order valence-corrected chi connectivity index (χ0v) is 20.1. The smallest absolute Gasteiger partial charge is 0.326 e. The molecule has 35 heavy (non-hydrogen) atoms. The number of carbonyl (C=O) groups is 2. The summed E-state index contributed by atoms with van der Waals surface area (Å²) in [6, 6.07) is 10.6. The predicted molar refractivity (Wildman–Crippen MR) is 136 cm³/mol. The highest BCUT2D eigenvalue weighted by Crippen LogP contribution is 2.52. The average Bonchev–Trinajstić information content (AvgIpc) is 2.89. The van der Waals surface area contributed by atoms with Gasteiger partial charge in [-0.25, -0.2) is 9.78 Å². The summed E-state index contributed by atoms with van der Waals surface area (Å²) >= 11 is 1.37. The van der Waals surface area contributed by atoms with Crippen LogP contribution >= 0.6 is 11.8 Å². The van der Waals surface area contributed by atoms with Crippen molar-refractivity contribution in [3.8, 4) is 0 Å². The maximum absolute atomic E-state index is 12.8. The van der Waals surface area contributed by atoms with Crippen molar-refractivity contribution in [2.24, 2.45) is 5.41 Å². The molecule has 1 aromatic carbocycles. The molecule has 1 fully saturated rings. The van der Waals surface area contributed by atoms with Gasteiger partial charge in [-0.3, -0.25) is 9.78 Å². The first-order valence-electron chi connectivity index (χ1n) is 11.5. The number of ether oxygens (including phenoxy) is 1. The lowest BCUT2D eigenvalue weighted by atomic mass is 9.65. The fraction of sp³-hybridized carbons (Fsp3) is 0.308. The number of hydrogen-bond donors (Lipinski definition) is 3. The second-order valence-electron chi connectivity index (χ2n) is 8.75. The van der Waals surface area contributed by atoms with Crippen molar-refractivity contribution >= 4 is 45.8 Å². The van der Waals surface area contributed by atoms with Crippen molar-refractivity contribution < 1.29 is 19.4 Å². The second-order valence-corrected chi connectivity index (χ2v) is 9.57. The SMILES string of the molecule is CSC1=C(NC(Cc2ccc(Nc3nccc4ccncc34)cc2)C(=O)O)C2(CCOCC2)C1=O. The van der Waals surface area contributed by atoms with E-state index in [4.69, 9.17) is 4.74 Å². The van der Waals surface area contributed by atoms with E-state index >= 15 is 0 Å². The molecular formula is C26H26N4O4S. The van der Waals surface area contributed by atoms with Crippen LogP contribution in [0.3, 0.4) is 0 Å². The second kappa shape index (κ2) is 9.67. The standard InChI is InChI=1S/C26H26N4O4S/c1-35-21-22(26(23(21)31)8-12-34-13-9-26)30-20(25(32)33)14-16-2-4-18(5-3-16)29-24-19-15-27-10-6-17(19)7-11-28-24/h2-7,10-11,15,20,30H,8-9,12-14H2,1H3,(H,28,29)(H,32,33). The summed E-state index contributed by atoms with van der Waals surface area (Å²) in [5.74, 6) is -0.136. The van der Waals surface area contributed by atoms with Gasteiger partial charge in [-0.2, -0.15) is 0 Å². The first-order chi connectivity index (χ1) is 17.0. The van der Waals surface area contributed by atoms with E-state index in [1.165, 1.54) is 11.8 Å². The third-order valence-electron chi connectivity index (χ3n) is 6.74. The third kappa shape index (κ3) is 4.37. The van der Waals surface area contributed by atoms with Crippen LogP contribution in [0.2, 0.25) is 0 Å². The number of Topliss-reactive ketones (excluding diaryl/α,β-unsaturated/α-hetero) is 1. The summed E-state index contributed by atoms with van der Waals surface area (Å²) in [4.78, 5) is 34.2. The zero-order valence-electron chi connectivity index (χ0n) is 19.3. The van der Waals surface area contributed by atoms with Gasteiger partial charge in [0.1, 0.15) is 11.9 Å². The highest BCUT2D eigenvalue weighted by atomic mass is 32.2. The predicted octanol–water partition coefficient (Wildman–Crippen LogP) is 3.91. The van der Waals surface area contributed by atoms with E-state index in [0.717, 1.165) is 27.7 Å². The Morgan fingerprint density at radius 2 is 1.91 bits per heavy atom. The number of fused-ring (bicyclic) bond motifs is 1. The van der Waals surface area contributed by atoms with E-state index in [-0.39, 0.29) is 12.2 Å². The molecule has 0 amide bonds. The van der Waals surface area contributed by atoms with E-state index in [2.05, 4.69) is 20.6 Å². The molecule has 1 spiro atoms. The van der Waals surface area contributed by atoms with Gasteiger partial charge in [0.2, 0.25) is 0 Å². The molecule has 3 N–H and O–H groups in total. The molecule has 5 rings (SSSR count). The number of rotatable bonds is 8. The van der Waals surface area contributed by atoms with Gasteiger partial charge in [0.25, 0.3) is 0 Å². The minimum Gasteiger partial charge on any atom is -0.480 e. The van der Waals surface area contributed by atoms with Gasteiger partial charge in [-0.1, -0.05) is 12.1 Å². The van der Waals surface area contributed by atoms with E-state index in [1.54, 1.807) is 18.6 Å². The van der Waals surface area contributed by atoms with E-state index in [9.17, 15) is 14.7 Å². The van der Waals surface area contributed by atoms with Crippen molar-refractivity contribution in [3.63, 3.8) is 0 Å². The summed E-state index contributed by atoms with van der Waals surface area (Å²) in [6.45, 7) is 1.01. The molecule has 3 heterocycles. The van der Waals surface area contributed by atoms with Gasteiger partial charge in [0.15, 0.2) is 5.78 Å². The Kier molecular flexibility index (Phi) is 6.44. The first-order valence-corrected chi connectivity index (χ1v) is 12.7. The normalized spacial score (nSPS) is 17.8. The minimum atomic E-state index is -0.950. The number of pyridine rings is 2. The fourth-order valence-corrected chi connectivity index (χ4v) is 5.61. The van der Waals surface area contributed by atoms with Gasteiger partial charge in [-0.05, 0) is 54.3 Å². The summed E-state index contributed by atoms with van der Waals surface area (Å²) in [5.41, 5.74) is 1.86. The Hall–Kier alpha value is -3.43. The molecule has 1 aliphatic carbocycles. The van der Waals surface area contributed by atoms with Crippen molar-refractivity contribution in [2.45, 2.75) is 25.3 Å². The van der Waals surface area contributed by atoms with Crippen LogP contribution in [0.5, 0.6) is 0 Å². The number of ketones is 1. The molecule has 0 radical (unpaired) electrons. The van der Waals surface area contributed by atoms with Crippen molar-refractivity contribution in [1.29, 1.82) is 0 Å². The number of carbonyl (C=O) groups excluding carboxylic acids is 1. The number of carboxylic acids is 1. The van der Waals surface area contributed by atoms with Crippen LogP contribution in [0.25, 0.3) is 10.8 Å².